The van der Waals surface area contributed by atoms with E-state index < -0.39 is 24.2 Å². The average molecular weight is 386 g/mol. The molecule has 3 rings (SSSR count). The fourth-order valence-corrected chi connectivity index (χ4v) is 3.03. The maximum atomic E-state index is 14.2. The van der Waals surface area contributed by atoms with Crippen LogP contribution >= 0.6 is 11.3 Å². The third-order valence-corrected chi connectivity index (χ3v) is 4.30. The average Bonchev–Trinajstić information content (AvgIpc) is 3.17. The molecule has 2 heterocycles. The van der Waals surface area contributed by atoms with Gasteiger partial charge in [0, 0.05) is 17.8 Å². The topological polar surface area (TPSA) is 85.3 Å². The van der Waals surface area contributed by atoms with Crippen molar-refractivity contribution in [2.24, 2.45) is 0 Å². The third-order valence-electron chi connectivity index (χ3n) is 3.46. The summed E-state index contributed by atoms with van der Waals surface area (Å²) in [5, 5.41) is 1.97. The van der Waals surface area contributed by atoms with Gasteiger partial charge in [-0.1, -0.05) is 12.1 Å². The molecule has 2 aromatic heterocycles. The van der Waals surface area contributed by atoms with Crippen LogP contribution < -0.4 is 4.90 Å². The molecule has 9 heteroatoms. The molecule has 0 N–H and O–H groups in total. The van der Waals surface area contributed by atoms with Gasteiger partial charge in [-0.15, -0.1) is 11.3 Å². The predicted octanol–water partition coefficient (Wildman–Crippen LogP) is 2.95. The lowest BCUT2D eigenvalue weighted by molar-refractivity contribution is -0.141. The Hall–Kier alpha value is -3.20. The van der Waals surface area contributed by atoms with E-state index in [1.807, 2.05) is 0 Å². The monoisotopic (exact) mass is 386 g/mol. The number of carbonyl (C=O) groups is 2. The molecule has 0 aliphatic rings. The number of halogens is 1. The maximum Gasteiger partial charge on any atom is 0.326 e. The standard InChI is InChI=1S/C18H15FN4O3S/c1-2-26-15(24)10-23(14-7-4-3-6-12(14)19)18(25)13-11-27-17(22-13)16-20-8-5-9-21-16/h3-9,11H,2,10H2,1H3. The van der Waals surface area contributed by atoms with E-state index in [4.69, 9.17) is 4.74 Å². The van der Waals surface area contributed by atoms with Crippen LogP contribution in [0.3, 0.4) is 0 Å². The first-order valence-electron chi connectivity index (χ1n) is 8.05. The molecule has 0 spiro atoms. The molecule has 3 aromatic rings. The highest BCUT2D eigenvalue weighted by Gasteiger charge is 2.26. The summed E-state index contributed by atoms with van der Waals surface area (Å²) < 4.78 is 19.1. The van der Waals surface area contributed by atoms with Crippen LogP contribution in [-0.4, -0.2) is 40.0 Å². The molecule has 0 aliphatic heterocycles. The number of hydrogen-bond acceptors (Lipinski definition) is 7. The molecule has 0 saturated heterocycles. The van der Waals surface area contributed by atoms with Crippen LogP contribution in [0.2, 0.25) is 0 Å². The summed E-state index contributed by atoms with van der Waals surface area (Å²) in [5.74, 6) is -1.51. The van der Waals surface area contributed by atoms with E-state index >= 15 is 0 Å². The van der Waals surface area contributed by atoms with E-state index in [9.17, 15) is 14.0 Å². The molecule has 0 unspecified atom stereocenters. The van der Waals surface area contributed by atoms with Crippen molar-refractivity contribution < 1.29 is 18.7 Å². The summed E-state index contributed by atoms with van der Waals surface area (Å²) in [6.45, 7) is 1.38. The lowest BCUT2D eigenvalue weighted by Crippen LogP contribution is -2.37. The summed E-state index contributed by atoms with van der Waals surface area (Å²) in [4.78, 5) is 38.3. The van der Waals surface area contributed by atoms with E-state index in [0.717, 1.165) is 4.90 Å². The second kappa shape index (κ2) is 8.45. The first-order valence-corrected chi connectivity index (χ1v) is 8.93. The van der Waals surface area contributed by atoms with Crippen molar-refractivity contribution in [3.05, 3.63) is 59.6 Å². The van der Waals surface area contributed by atoms with Gasteiger partial charge in [-0.3, -0.25) is 14.5 Å². The summed E-state index contributed by atoms with van der Waals surface area (Å²) in [7, 11) is 0. The number of benzene rings is 1. The van der Waals surface area contributed by atoms with Gasteiger partial charge in [0.2, 0.25) is 0 Å². The molecule has 1 aromatic carbocycles. The minimum Gasteiger partial charge on any atom is -0.465 e. The van der Waals surface area contributed by atoms with Gasteiger partial charge in [0.05, 0.1) is 12.3 Å². The van der Waals surface area contributed by atoms with Crippen molar-refractivity contribution in [3.63, 3.8) is 0 Å². The maximum absolute atomic E-state index is 14.2. The fourth-order valence-electron chi connectivity index (χ4n) is 2.30. The Bertz CT molecular complexity index is 949. The quantitative estimate of drug-likeness (QED) is 0.606. The Labute approximate surface area is 158 Å². The van der Waals surface area contributed by atoms with Crippen molar-refractivity contribution in [2.75, 3.05) is 18.1 Å². The SMILES string of the molecule is CCOC(=O)CN(C(=O)c1csc(-c2ncccn2)n1)c1ccccc1F. The summed E-state index contributed by atoms with van der Waals surface area (Å²) >= 11 is 1.18. The first kappa shape index (κ1) is 18.6. The number of hydrogen-bond donors (Lipinski definition) is 0. The smallest absolute Gasteiger partial charge is 0.326 e. The van der Waals surface area contributed by atoms with E-state index in [2.05, 4.69) is 15.0 Å². The molecule has 0 aliphatic carbocycles. The Balaban J connectivity index is 1.92. The molecule has 0 fully saturated rings. The number of thiazole rings is 1. The van der Waals surface area contributed by atoms with Crippen molar-refractivity contribution in [3.8, 4) is 10.8 Å². The molecule has 7 nitrogen and oxygen atoms in total. The first-order chi connectivity index (χ1) is 13.1. The summed E-state index contributed by atoms with van der Waals surface area (Å²) in [5.41, 5.74) is 0.0380. The zero-order valence-electron chi connectivity index (χ0n) is 14.3. The zero-order valence-corrected chi connectivity index (χ0v) is 15.1. The van der Waals surface area contributed by atoms with Crippen LogP contribution in [0.4, 0.5) is 10.1 Å². The van der Waals surface area contributed by atoms with E-state index in [1.54, 1.807) is 31.5 Å². The van der Waals surface area contributed by atoms with Gasteiger partial charge in [0.1, 0.15) is 18.1 Å². The van der Waals surface area contributed by atoms with Gasteiger partial charge in [-0.05, 0) is 25.1 Å². The lowest BCUT2D eigenvalue weighted by atomic mass is 10.2. The molecule has 0 radical (unpaired) electrons. The third kappa shape index (κ3) is 4.32. The number of carbonyl (C=O) groups excluding carboxylic acids is 2. The summed E-state index contributed by atoms with van der Waals surface area (Å²) in [6.07, 6.45) is 3.13. The van der Waals surface area contributed by atoms with Gasteiger partial charge in [-0.2, -0.15) is 0 Å². The largest absolute Gasteiger partial charge is 0.465 e. The second-order valence-corrected chi connectivity index (χ2v) is 6.12. The van der Waals surface area contributed by atoms with Gasteiger partial charge in [0.25, 0.3) is 5.91 Å². The molecule has 1 amide bonds. The van der Waals surface area contributed by atoms with Gasteiger partial charge >= 0.3 is 5.97 Å². The molecule has 138 valence electrons. The van der Waals surface area contributed by atoms with Gasteiger partial charge < -0.3 is 4.74 Å². The Morgan fingerprint density at radius 3 is 2.63 bits per heavy atom. The van der Waals surface area contributed by atoms with Crippen molar-refractivity contribution in [1.29, 1.82) is 0 Å². The zero-order chi connectivity index (χ0) is 19.2. The van der Waals surface area contributed by atoms with E-state index in [0.29, 0.717) is 10.8 Å². The van der Waals surface area contributed by atoms with Crippen LogP contribution in [0.15, 0.2) is 48.1 Å². The molecular formula is C18H15FN4O3S. The number of anilines is 1. The molecule has 0 saturated carbocycles. The number of para-hydroxylation sites is 1. The van der Waals surface area contributed by atoms with Crippen LogP contribution in [0.1, 0.15) is 17.4 Å². The van der Waals surface area contributed by atoms with Crippen LogP contribution in [0.25, 0.3) is 10.8 Å². The number of rotatable bonds is 6. The number of nitrogens with zero attached hydrogens (tertiary/aromatic N) is 4. The predicted molar refractivity (Wildman–Crippen MR) is 97.8 cm³/mol. The highest BCUT2D eigenvalue weighted by Crippen LogP contribution is 2.24. The number of esters is 1. The van der Waals surface area contributed by atoms with Gasteiger partial charge in [-0.25, -0.2) is 19.3 Å². The molecule has 27 heavy (non-hydrogen) atoms. The molecular weight excluding hydrogens is 371 g/mol. The van der Waals surface area contributed by atoms with Crippen LogP contribution in [0.5, 0.6) is 0 Å². The fraction of sp³-hybridized carbons (Fsp3) is 0.167. The van der Waals surface area contributed by atoms with Crippen molar-refractivity contribution in [2.45, 2.75) is 6.92 Å². The molecule has 0 atom stereocenters. The number of amides is 1. The highest BCUT2D eigenvalue weighted by molar-refractivity contribution is 7.13. The lowest BCUT2D eigenvalue weighted by Gasteiger charge is -2.21. The van der Waals surface area contributed by atoms with Crippen LogP contribution in [-0.2, 0) is 9.53 Å². The Morgan fingerprint density at radius 2 is 1.93 bits per heavy atom. The Kier molecular flexibility index (Phi) is 5.82. The van der Waals surface area contributed by atoms with Crippen molar-refractivity contribution >= 4 is 28.9 Å². The Morgan fingerprint density at radius 1 is 1.19 bits per heavy atom. The van der Waals surface area contributed by atoms with E-state index in [1.165, 1.54) is 34.9 Å². The minimum absolute atomic E-state index is 0.0268. The van der Waals surface area contributed by atoms with Gasteiger partial charge in [0.15, 0.2) is 10.8 Å². The van der Waals surface area contributed by atoms with E-state index in [-0.39, 0.29) is 18.0 Å². The number of ether oxygens (including phenoxy) is 1. The van der Waals surface area contributed by atoms with Crippen molar-refractivity contribution in [1.82, 2.24) is 15.0 Å². The highest BCUT2D eigenvalue weighted by atomic mass is 32.1. The minimum atomic E-state index is -0.643. The second-order valence-electron chi connectivity index (χ2n) is 5.26. The summed E-state index contributed by atoms with van der Waals surface area (Å²) in [6, 6.07) is 7.38. The molecule has 0 bridgehead atoms. The normalized spacial score (nSPS) is 10.4. The van der Waals surface area contributed by atoms with Crippen LogP contribution in [0, 0.1) is 5.82 Å². The number of aromatic nitrogens is 3.